The van der Waals surface area contributed by atoms with Crippen molar-refractivity contribution in [1.29, 1.82) is 0 Å². The number of rotatable bonds is 5. The molecule has 0 amide bonds. The highest BCUT2D eigenvalue weighted by Gasteiger charge is 2.18. The lowest BCUT2D eigenvalue weighted by atomic mass is 9.87. The van der Waals surface area contributed by atoms with Crippen molar-refractivity contribution in [3.05, 3.63) is 156 Å². The van der Waals surface area contributed by atoms with Crippen molar-refractivity contribution < 1.29 is 0 Å². The molecule has 7 aromatic rings. The van der Waals surface area contributed by atoms with E-state index in [4.69, 9.17) is 0 Å². The van der Waals surface area contributed by atoms with Crippen LogP contribution in [0.2, 0.25) is 0 Å². The standard InChI is InChI=1S/C40H33BrN2/c1-40(2,3)30-20-24-33(25-21-30)42(32-22-18-28(19-23-32)29-10-8-11-31(41)26-29)34-12-9-13-35(27-34)43-38-16-6-4-14-36(38)37-15-5-7-17-39(37)43/h4-27H,1-3H3. The lowest BCUT2D eigenvalue weighted by Crippen LogP contribution is -2.13. The smallest absolute Gasteiger partial charge is 0.0541 e. The molecular weight excluding hydrogens is 588 g/mol. The van der Waals surface area contributed by atoms with Crippen LogP contribution in [0.3, 0.4) is 0 Å². The molecule has 210 valence electrons. The molecule has 0 aliphatic carbocycles. The summed E-state index contributed by atoms with van der Waals surface area (Å²) >= 11 is 3.62. The number of nitrogens with zero attached hydrogens (tertiary/aromatic N) is 2. The van der Waals surface area contributed by atoms with Gasteiger partial charge in [0, 0.05) is 38.0 Å². The Balaban J connectivity index is 1.38. The second-order valence-electron chi connectivity index (χ2n) is 12.1. The quantitative estimate of drug-likeness (QED) is 0.186. The molecule has 0 unspecified atom stereocenters. The highest BCUT2D eigenvalue weighted by atomic mass is 79.9. The van der Waals surface area contributed by atoms with E-state index >= 15 is 0 Å². The Hall–Kier alpha value is -4.60. The van der Waals surface area contributed by atoms with Crippen LogP contribution in [0.4, 0.5) is 17.1 Å². The van der Waals surface area contributed by atoms with Gasteiger partial charge in [-0.3, -0.25) is 0 Å². The summed E-state index contributed by atoms with van der Waals surface area (Å²) in [4.78, 5) is 2.36. The summed E-state index contributed by atoms with van der Waals surface area (Å²) in [6.45, 7) is 6.78. The molecule has 2 nitrogen and oxygen atoms in total. The van der Waals surface area contributed by atoms with Crippen LogP contribution in [0.15, 0.2) is 150 Å². The second-order valence-corrected chi connectivity index (χ2v) is 13.0. The first-order chi connectivity index (χ1) is 20.9. The molecule has 0 saturated heterocycles. The van der Waals surface area contributed by atoms with Crippen molar-refractivity contribution in [2.75, 3.05) is 4.90 Å². The molecule has 1 aromatic heterocycles. The summed E-state index contributed by atoms with van der Waals surface area (Å²) in [6, 6.07) is 52.6. The van der Waals surface area contributed by atoms with Crippen LogP contribution in [-0.2, 0) is 5.41 Å². The van der Waals surface area contributed by atoms with Crippen molar-refractivity contribution in [2.24, 2.45) is 0 Å². The van der Waals surface area contributed by atoms with Gasteiger partial charge >= 0.3 is 0 Å². The Morgan fingerprint density at radius 1 is 0.512 bits per heavy atom. The number of halogens is 1. The Morgan fingerprint density at radius 2 is 1.09 bits per heavy atom. The highest BCUT2D eigenvalue weighted by Crippen LogP contribution is 2.39. The number of para-hydroxylation sites is 2. The van der Waals surface area contributed by atoms with Gasteiger partial charge in [0.05, 0.1) is 11.0 Å². The summed E-state index contributed by atoms with van der Waals surface area (Å²) in [7, 11) is 0. The van der Waals surface area contributed by atoms with Gasteiger partial charge in [0.25, 0.3) is 0 Å². The Kier molecular flexibility index (Phi) is 6.91. The van der Waals surface area contributed by atoms with E-state index in [0.717, 1.165) is 27.2 Å². The van der Waals surface area contributed by atoms with Gasteiger partial charge in [-0.05, 0) is 88.8 Å². The molecule has 0 saturated carbocycles. The van der Waals surface area contributed by atoms with Crippen molar-refractivity contribution in [3.8, 4) is 16.8 Å². The topological polar surface area (TPSA) is 8.17 Å². The summed E-state index contributed by atoms with van der Waals surface area (Å²) in [6.07, 6.45) is 0. The molecule has 3 heteroatoms. The van der Waals surface area contributed by atoms with Crippen LogP contribution in [-0.4, -0.2) is 4.57 Å². The molecule has 6 aromatic carbocycles. The van der Waals surface area contributed by atoms with Gasteiger partial charge in [0.2, 0.25) is 0 Å². The van der Waals surface area contributed by atoms with E-state index in [0.29, 0.717) is 0 Å². The molecule has 1 heterocycles. The van der Waals surface area contributed by atoms with Gasteiger partial charge in [-0.25, -0.2) is 0 Å². The first kappa shape index (κ1) is 27.2. The Morgan fingerprint density at radius 3 is 1.70 bits per heavy atom. The van der Waals surface area contributed by atoms with E-state index in [2.05, 4.69) is 192 Å². The van der Waals surface area contributed by atoms with Crippen LogP contribution < -0.4 is 4.90 Å². The third kappa shape index (κ3) is 5.15. The summed E-state index contributed by atoms with van der Waals surface area (Å²) in [5, 5.41) is 2.53. The average Bonchev–Trinajstić information content (AvgIpc) is 3.36. The number of benzene rings is 6. The predicted octanol–water partition coefficient (Wildman–Crippen LogP) is 12.0. The number of aromatic nitrogens is 1. The van der Waals surface area contributed by atoms with E-state index < -0.39 is 0 Å². The van der Waals surface area contributed by atoms with Crippen LogP contribution in [0.1, 0.15) is 26.3 Å². The largest absolute Gasteiger partial charge is 0.310 e. The van der Waals surface area contributed by atoms with E-state index in [9.17, 15) is 0 Å². The maximum absolute atomic E-state index is 3.62. The van der Waals surface area contributed by atoms with E-state index in [1.54, 1.807) is 0 Å². The molecule has 0 spiro atoms. The maximum Gasteiger partial charge on any atom is 0.0541 e. The van der Waals surface area contributed by atoms with Gasteiger partial charge in [-0.1, -0.05) is 116 Å². The zero-order chi connectivity index (χ0) is 29.6. The maximum atomic E-state index is 3.62. The van der Waals surface area contributed by atoms with Crippen LogP contribution in [0.25, 0.3) is 38.6 Å². The third-order valence-electron chi connectivity index (χ3n) is 8.20. The molecule has 43 heavy (non-hydrogen) atoms. The third-order valence-corrected chi connectivity index (χ3v) is 8.69. The van der Waals surface area contributed by atoms with E-state index in [1.165, 1.54) is 38.5 Å². The van der Waals surface area contributed by atoms with Crippen LogP contribution in [0, 0.1) is 0 Å². The molecule has 0 aliphatic rings. The highest BCUT2D eigenvalue weighted by molar-refractivity contribution is 9.10. The molecule has 0 aliphatic heterocycles. The van der Waals surface area contributed by atoms with Gasteiger partial charge in [0.15, 0.2) is 0 Å². The van der Waals surface area contributed by atoms with Crippen molar-refractivity contribution in [1.82, 2.24) is 4.57 Å². The number of hydrogen-bond donors (Lipinski definition) is 0. The minimum atomic E-state index is 0.0887. The van der Waals surface area contributed by atoms with Gasteiger partial charge in [-0.15, -0.1) is 0 Å². The molecular formula is C40H33BrN2. The lowest BCUT2D eigenvalue weighted by molar-refractivity contribution is 0.590. The molecule has 0 N–H and O–H groups in total. The van der Waals surface area contributed by atoms with Crippen molar-refractivity contribution in [3.63, 3.8) is 0 Å². The van der Waals surface area contributed by atoms with E-state index in [1.807, 2.05) is 0 Å². The Bertz CT molecular complexity index is 2010. The van der Waals surface area contributed by atoms with Crippen molar-refractivity contribution >= 4 is 54.8 Å². The minimum absolute atomic E-state index is 0.0887. The second kappa shape index (κ2) is 10.9. The monoisotopic (exact) mass is 620 g/mol. The fourth-order valence-corrected chi connectivity index (χ4v) is 6.40. The van der Waals surface area contributed by atoms with Gasteiger partial charge in [-0.2, -0.15) is 0 Å². The SMILES string of the molecule is CC(C)(C)c1ccc(N(c2ccc(-c3cccc(Br)c3)cc2)c2cccc(-n3c4ccccc4c4ccccc43)c2)cc1. The first-order valence-electron chi connectivity index (χ1n) is 14.7. The van der Waals surface area contributed by atoms with Gasteiger partial charge in [0.1, 0.15) is 0 Å². The lowest BCUT2D eigenvalue weighted by Gasteiger charge is -2.27. The molecule has 0 radical (unpaired) electrons. The normalized spacial score (nSPS) is 11.7. The predicted molar refractivity (Wildman–Crippen MR) is 187 cm³/mol. The zero-order valence-electron chi connectivity index (χ0n) is 24.6. The van der Waals surface area contributed by atoms with Crippen LogP contribution >= 0.6 is 15.9 Å². The molecule has 0 atom stereocenters. The molecule has 0 bridgehead atoms. The molecule has 7 rings (SSSR count). The number of hydrogen-bond acceptors (Lipinski definition) is 1. The van der Waals surface area contributed by atoms with Gasteiger partial charge < -0.3 is 9.47 Å². The fraction of sp³-hybridized carbons (Fsp3) is 0.100. The van der Waals surface area contributed by atoms with E-state index in [-0.39, 0.29) is 5.41 Å². The summed E-state index contributed by atoms with van der Waals surface area (Å²) in [5.74, 6) is 0. The summed E-state index contributed by atoms with van der Waals surface area (Å²) in [5.41, 5.74) is 10.7. The number of anilines is 3. The molecule has 0 fully saturated rings. The zero-order valence-corrected chi connectivity index (χ0v) is 26.2. The Labute approximate surface area is 262 Å². The first-order valence-corrected chi connectivity index (χ1v) is 15.5. The van der Waals surface area contributed by atoms with Crippen LogP contribution in [0.5, 0.6) is 0 Å². The average molecular weight is 622 g/mol. The summed E-state index contributed by atoms with van der Waals surface area (Å²) < 4.78 is 3.46. The number of fused-ring (bicyclic) bond motifs is 3. The fourth-order valence-electron chi connectivity index (χ4n) is 6.00. The van der Waals surface area contributed by atoms with Crippen molar-refractivity contribution in [2.45, 2.75) is 26.2 Å². The minimum Gasteiger partial charge on any atom is -0.310 e.